The Morgan fingerprint density at radius 2 is 2.08 bits per heavy atom. The summed E-state index contributed by atoms with van der Waals surface area (Å²) in [6, 6.07) is 6.18. The van der Waals surface area contributed by atoms with Crippen molar-refractivity contribution in [2.75, 3.05) is 0 Å². The number of alkyl halides is 2. The van der Waals surface area contributed by atoms with Crippen molar-refractivity contribution in [1.29, 1.82) is 0 Å². The van der Waals surface area contributed by atoms with Crippen LogP contribution in [-0.4, -0.2) is 12.2 Å². The Kier molecular flexibility index (Phi) is 2.53. The first-order valence-corrected chi connectivity index (χ1v) is 3.50. The van der Waals surface area contributed by atoms with Crippen LogP contribution in [-0.2, 0) is 0 Å². The Morgan fingerprint density at radius 3 is 2.58 bits per heavy atom. The molecular weight excluding hydrogens is 162 g/mol. The lowest BCUT2D eigenvalue weighted by Crippen LogP contribution is -2.09. The lowest BCUT2D eigenvalue weighted by atomic mass is 10.1. The van der Waals surface area contributed by atoms with Crippen LogP contribution in [0.2, 0.25) is 0 Å². The molecule has 64 valence electrons. The van der Waals surface area contributed by atoms with Crippen molar-refractivity contribution in [1.82, 2.24) is 0 Å². The molecule has 0 aliphatic heterocycles. The highest BCUT2D eigenvalue weighted by molar-refractivity contribution is 5.98. The summed E-state index contributed by atoms with van der Waals surface area (Å²) in [5.74, 6) is -1.11. The van der Waals surface area contributed by atoms with Crippen molar-refractivity contribution >= 4 is 5.78 Å². The molecule has 0 spiro atoms. The van der Waals surface area contributed by atoms with Crippen LogP contribution in [0.1, 0.15) is 15.9 Å². The van der Waals surface area contributed by atoms with Crippen molar-refractivity contribution in [2.24, 2.45) is 0 Å². The third-order valence-corrected chi connectivity index (χ3v) is 1.50. The Morgan fingerprint density at radius 1 is 1.42 bits per heavy atom. The van der Waals surface area contributed by atoms with Crippen molar-refractivity contribution in [3.8, 4) is 0 Å². The number of carbonyl (C=O) groups is 1. The Labute approximate surface area is 69.0 Å². The number of halogens is 2. The normalized spacial score (nSPS) is 10.3. The molecule has 0 bridgehead atoms. The van der Waals surface area contributed by atoms with Gasteiger partial charge < -0.3 is 0 Å². The molecule has 0 N–H and O–H groups in total. The van der Waals surface area contributed by atoms with Crippen LogP contribution in [0, 0.1) is 6.92 Å². The van der Waals surface area contributed by atoms with E-state index in [2.05, 4.69) is 0 Å². The van der Waals surface area contributed by atoms with Gasteiger partial charge in [-0.05, 0) is 13.0 Å². The van der Waals surface area contributed by atoms with Crippen LogP contribution in [0.5, 0.6) is 0 Å². The van der Waals surface area contributed by atoms with Crippen LogP contribution in [0.4, 0.5) is 8.78 Å². The Balaban J connectivity index is 2.96. The molecule has 0 saturated heterocycles. The number of hydrogen-bond acceptors (Lipinski definition) is 1. The molecule has 0 unspecified atom stereocenters. The van der Waals surface area contributed by atoms with Crippen molar-refractivity contribution in [2.45, 2.75) is 13.3 Å². The zero-order valence-corrected chi connectivity index (χ0v) is 6.55. The number of Topliss-reactive ketones (excluding diaryl/α,β-unsaturated/α-hetero) is 1. The van der Waals surface area contributed by atoms with Gasteiger partial charge in [0.1, 0.15) is 0 Å². The molecule has 0 atom stereocenters. The first kappa shape index (κ1) is 8.84. The SMILES string of the molecule is Cc1cccc(C(=O)C(F)F)c1. The highest BCUT2D eigenvalue weighted by atomic mass is 19.3. The molecule has 12 heavy (non-hydrogen) atoms. The van der Waals surface area contributed by atoms with Gasteiger partial charge in [0.25, 0.3) is 0 Å². The third kappa shape index (κ3) is 1.87. The minimum absolute atomic E-state index is 0.0741. The maximum atomic E-state index is 11.9. The van der Waals surface area contributed by atoms with E-state index in [1.165, 1.54) is 12.1 Å². The van der Waals surface area contributed by atoms with Gasteiger partial charge in [0.2, 0.25) is 5.78 Å². The van der Waals surface area contributed by atoms with Gasteiger partial charge in [-0.2, -0.15) is 0 Å². The first-order valence-electron chi connectivity index (χ1n) is 3.50. The lowest BCUT2D eigenvalue weighted by Gasteiger charge is -1.99. The summed E-state index contributed by atoms with van der Waals surface area (Å²) in [5, 5.41) is 0. The van der Waals surface area contributed by atoms with Crippen molar-refractivity contribution in [3.05, 3.63) is 35.4 Å². The number of benzene rings is 1. The number of carbonyl (C=O) groups excluding carboxylic acids is 1. The predicted octanol–water partition coefficient (Wildman–Crippen LogP) is 2.44. The van der Waals surface area contributed by atoms with Crippen molar-refractivity contribution in [3.63, 3.8) is 0 Å². The van der Waals surface area contributed by atoms with E-state index in [4.69, 9.17) is 0 Å². The van der Waals surface area contributed by atoms with E-state index in [1.807, 2.05) is 0 Å². The molecule has 0 aromatic heterocycles. The van der Waals surface area contributed by atoms with E-state index < -0.39 is 12.2 Å². The first-order chi connectivity index (χ1) is 5.61. The fourth-order valence-electron chi connectivity index (χ4n) is 0.924. The highest BCUT2D eigenvalue weighted by Gasteiger charge is 2.16. The maximum absolute atomic E-state index is 11.9. The second-order valence-electron chi connectivity index (χ2n) is 2.53. The second kappa shape index (κ2) is 3.43. The van der Waals surface area contributed by atoms with Crippen LogP contribution in [0.15, 0.2) is 24.3 Å². The van der Waals surface area contributed by atoms with E-state index in [-0.39, 0.29) is 5.56 Å². The molecule has 1 aromatic rings. The highest BCUT2D eigenvalue weighted by Crippen LogP contribution is 2.09. The number of ketones is 1. The number of aryl methyl sites for hydroxylation is 1. The molecule has 0 saturated carbocycles. The molecule has 3 heteroatoms. The van der Waals surface area contributed by atoms with Crippen LogP contribution in [0.25, 0.3) is 0 Å². The average Bonchev–Trinajstić information content (AvgIpc) is 2.03. The zero-order valence-electron chi connectivity index (χ0n) is 6.55. The fourth-order valence-corrected chi connectivity index (χ4v) is 0.924. The molecule has 0 fully saturated rings. The van der Waals surface area contributed by atoms with Crippen molar-refractivity contribution < 1.29 is 13.6 Å². The van der Waals surface area contributed by atoms with E-state index in [0.29, 0.717) is 0 Å². The summed E-state index contributed by atoms with van der Waals surface area (Å²) < 4.78 is 23.8. The Bertz CT molecular complexity index is 294. The zero-order chi connectivity index (χ0) is 9.14. The molecule has 0 aliphatic carbocycles. The van der Waals surface area contributed by atoms with E-state index in [1.54, 1.807) is 19.1 Å². The minimum atomic E-state index is -2.91. The van der Waals surface area contributed by atoms with E-state index >= 15 is 0 Å². The standard InChI is InChI=1S/C9H8F2O/c1-6-3-2-4-7(5-6)8(12)9(10)11/h2-5,9H,1H3. The van der Waals surface area contributed by atoms with Gasteiger partial charge in [-0.1, -0.05) is 23.8 Å². The van der Waals surface area contributed by atoms with E-state index in [9.17, 15) is 13.6 Å². The van der Waals surface area contributed by atoms with Crippen LogP contribution >= 0.6 is 0 Å². The quantitative estimate of drug-likeness (QED) is 0.623. The van der Waals surface area contributed by atoms with Gasteiger partial charge in [0, 0.05) is 5.56 Å². The molecule has 1 rings (SSSR count). The summed E-state index contributed by atoms with van der Waals surface area (Å²) in [4.78, 5) is 10.7. The summed E-state index contributed by atoms with van der Waals surface area (Å²) in [7, 11) is 0. The fraction of sp³-hybridized carbons (Fsp3) is 0.222. The topological polar surface area (TPSA) is 17.1 Å². The molecule has 1 nitrogen and oxygen atoms in total. The lowest BCUT2D eigenvalue weighted by molar-refractivity contribution is 0.0678. The van der Waals surface area contributed by atoms with Gasteiger partial charge in [0.05, 0.1) is 0 Å². The number of rotatable bonds is 2. The minimum Gasteiger partial charge on any atom is -0.288 e. The molecule has 1 aromatic carbocycles. The molecule has 0 radical (unpaired) electrons. The number of hydrogen-bond donors (Lipinski definition) is 0. The van der Waals surface area contributed by atoms with Gasteiger partial charge in [-0.3, -0.25) is 4.79 Å². The monoisotopic (exact) mass is 170 g/mol. The summed E-state index contributed by atoms with van der Waals surface area (Å²) >= 11 is 0. The maximum Gasteiger partial charge on any atom is 0.300 e. The van der Waals surface area contributed by atoms with Gasteiger partial charge in [-0.15, -0.1) is 0 Å². The van der Waals surface area contributed by atoms with Gasteiger partial charge in [0.15, 0.2) is 0 Å². The molecular formula is C9H8F2O. The Hall–Kier alpha value is -1.25. The predicted molar refractivity (Wildman–Crippen MR) is 41.5 cm³/mol. The molecule has 0 heterocycles. The summed E-state index contributed by atoms with van der Waals surface area (Å²) in [5.41, 5.74) is 0.881. The van der Waals surface area contributed by atoms with E-state index in [0.717, 1.165) is 5.56 Å². The third-order valence-electron chi connectivity index (χ3n) is 1.50. The molecule has 0 aliphatic rings. The summed E-state index contributed by atoms with van der Waals surface area (Å²) in [6.45, 7) is 1.75. The average molecular weight is 170 g/mol. The van der Waals surface area contributed by atoms with Crippen LogP contribution in [0.3, 0.4) is 0 Å². The van der Waals surface area contributed by atoms with Crippen LogP contribution < -0.4 is 0 Å². The second-order valence-corrected chi connectivity index (χ2v) is 2.53. The van der Waals surface area contributed by atoms with Gasteiger partial charge >= 0.3 is 6.43 Å². The van der Waals surface area contributed by atoms with Gasteiger partial charge in [-0.25, -0.2) is 8.78 Å². The largest absolute Gasteiger partial charge is 0.300 e. The molecule has 0 amide bonds. The smallest absolute Gasteiger partial charge is 0.288 e. The summed E-state index contributed by atoms with van der Waals surface area (Å²) in [6.07, 6.45) is -2.91.